The number of para-hydroxylation sites is 1. The van der Waals surface area contributed by atoms with Crippen molar-refractivity contribution in [3.8, 4) is 0 Å². The molecule has 118 valence electrons. The molecule has 0 N–H and O–H groups in total. The van der Waals surface area contributed by atoms with Gasteiger partial charge < -0.3 is 9.64 Å². The Balaban J connectivity index is 2.12. The largest absolute Gasteiger partial charge is 0.471 e. The molecule has 4 nitrogen and oxygen atoms in total. The first kappa shape index (κ1) is 16.9. The van der Waals surface area contributed by atoms with Gasteiger partial charge in [-0.3, -0.25) is 4.79 Å². The highest BCUT2D eigenvalue weighted by Crippen LogP contribution is 2.45. The number of carbonyl (C=O) groups excluding carboxylic acids is 1. The van der Waals surface area contributed by atoms with Crippen molar-refractivity contribution in [3.05, 3.63) is 70.7 Å². The molecule has 5 heteroatoms. The molecule has 0 saturated heterocycles. The Morgan fingerprint density at radius 2 is 2.13 bits per heavy atom. The molecule has 1 heterocycles. The van der Waals surface area contributed by atoms with Crippen LogP contribution in [0.4, 0.5) is 5.69 Å². The summed E-state index contributed by atoms with van der Waals surface area (Å²) < 4.78 is 4.82. The summed E-state index contributed by atoms with van der Waals surface area (Å²) in [6, 6.07) is 8.27. The van der Waals surface area contributed by atoms with E-state index < -0.39 is 5.97 Å². The van der Waals surface area contributed by atoms with Gasteiger partial charge in [-0.15, -0.1) is 0 Å². The van der Waals surface area contributed by atoms with E-state index in [4.69, 9.17) is 11.3 Å². The number of carbonyl (C=O) groups is 1. The molecular weight excluding hydrogens is 308 g/mol. The molecule has 1 aromatic carbocycles. The maximum absolute atomic E-state index is 11.5. The van der Waals surface area contributed by atoms with Crippen LogP contribution >= 0.6 is 11.8 Å². The Morgan fingerprint density at radius 1 is 1.35 bits per heavy atom. The molecule has 1 aliphatic heterocycles. The number of ether oxygens (including phenoxy) is 1. The fourth-order valence-electron chi connectivity index (χ4n) is 2.14. The van der Waals surface area contributed by atoms with Crippen molar-refractivity contribution in [2.24, 2.45) is 0 Å². The van der Waals surface area contributed by atoms with Gasteiger partial charge in [-0.1, -0.05) is 36.0 Å². The summed E-state index contributed by atoms with van der Waals surface area (Å²) >= 11 is 1.71. The van der Waals surface area contributed by atoms with E-state index in [1.807, 2.05) is 24.3 Å². The van der Waals surface area contributed by atoms with Crippen LogP contribution in [0.2, 0.25) is 0 Å². The van der Waals surface area contributed by atoms with E-state index in [0.717, 1.165) is 11.6 Å². The van der Waals surface area contributed by atoms with Crippen LogP contribution in [0, 0.1) is 6.57 Å². The SMILES string of the molecule is [C-]#[N+]C(=CC=CC=C1Sc2ccccc2N1CC)C(=O)OCC. The van der Waals surface area contributed by atoms with Gasteiger partial charge in [0.15, 0.2) is 0 Å². The Hall–Kier alpha value is -2.45. The minimum Gasteiger partial charge on any atom is -0.471 e. The number of rotatable bonds is 5. The van der Waals surface area contributed by atoms with Gasteiger partial charge in [0.25, 0.3) is 5.70 Å². The molecular formula is C18H18N2O2S. The number of nitrogens with zero attached hydrogens (tertiary/aromatic N) is 2. The van der Waals surface area contributed by atoms with Crippen LogP contribution in [0.15, 0.2) is 64.2 Å². The lowest BCUT2D eigenvalue weighted by molar-refractivity contribution is -0.138. The van der Waals surface area contributed by atoms with Crippen LogP contribution in [0.3, 0.4) is 0 Å². The number of hydrogen-bond acceptors (Lipinski definition) is 4. The number of allylic oxidation sites excluding steroid dienone is 4. The molecule has 23 heavy (non-hydrogen) atoms. The van der Waals surface area contributed by atoms with Crippen LogP contribution < -0.4 is 4.90 Å². The lowest BCUT2D eigenvalue weighted by Crippen LogP contribution is -2.16. The maximum Gasteiger partial charge on any atom is 0.336 e. The second-order valence-corrected chi connectivity index (χ2v) is 5.65. The fraction of sp³-hybridized carbons (Fsp3) is 0.222. The standard InChI is InChI=1S/C18H18N2O2S/c1-4-20-15-11-7-8-12-16(15)23-17(20)13-9-6-10-14(19-3)18(21)22-5-2/h6-13H,4-5H2,1-2H3. The van der Waals surface area contributed by atoms with Crippen LogP contribution in [0.5, 0.6) is 0 Å². The van der Waals surface area contributed by atoms with Gasteiger partial charge in [0, 0.05) is 11.4 Å². The second kappa shape index (κ2) is 8.25. The molecule has 0 fully saturated rings. The summed E-state index contributed by atoms with van der Waals surface area (Å²) in [7, 11) is 0. The van der Waals surface area contributed by atoms with Gasteiger partial charge in [0.1, 0.15) is 0 Å². The highest BCUT2D eigenvalue weighted by Gasteiger charge is 2.22. The van der Waals surface area contributed by atoms with Gasteiger partial charge >= 0.3 is 5.97 Å². The van der Waals surface area contributed by atoms with Gasteiger partial charge in [-0.05, 0) is 38.1 Å². The minimum atomic E-state index is -0.586. The molecule has 0 spiro atoms. The third kappa shape index (κ3) is 4.05. The molecule has 0 saturated carbocycles. The quantitative estimate of drug-likeness (QED) is 0.348. The van der Waals surface area contributed by atoms with Crippen molar-refractivity contribution in [1.29, 1.82) is 0 Å². The van der Waals surface area contributed by atoms with E-state index in [-0.39, 0.29) is 12.3 Å². The summed E-state index contributed by atoms with van der Waals surface area (Å²) in [6.07, 6.45) is 6.98. The summed E-state index contributed by atoms with van der Waals surface area (Å²) in [5, 5.41) is 1.12. The van der Waals surface area contributed by atoms with Crippen molar-refractivity contribution in [1.82, 2.24) is 0 Å². The first-order valence-electron chi connectivity index (χ1n) is 7.38. The van der Waals surface area contributed by atoms with Crippen LogP contribution in [-0.2, 0) is 9.53 Å². The number of thioether (sulfide) groups is 1. The number of esters is 1. The summed E-state index contributed by atoms with van der Waals surface area (Å²) in [5.74, 6) is -0.586. The molecule has 0 bridgehead atoms. The fourth-order valence-corrected chi connectivity index (χ4v) is 3.28. The molecule has 0 aromatic heterocycles. The molecule has 0 radical (unpaired) electrons. The number of fused-ring (bicyclic) bond motifs is 1. The molecule has 0 unspecified atom stereocenters. The van der Waals surface area contributed by atoms with E-state index in [9.17, 15) is 4.79 Å². The first-order chi connectivity index (χ1) is 11.2. The smallest absolute Gasteiger partial charge is 0.336 e. The van der Waals surface area contributed by atoms with E-state index in [1.54, 1.807) is 24.8 Å². The molecule has 0 atom stereocenters. The van der Waals surface area contributed by atoms with Crippen molar-refractivity contribution in [3.63, 3.8) is 0 Å². The van der Waals surface area contributed by atoms with Crippen LogP contribution in [0.1, 0.15) is 13.8 Å². The normalized spacial score (nSPS) is 15.8. The summed E-state index contributed by atoms with van der Waals surface area (Å²) in [5.41, 5.74) is 1.19. The van der Waals surface area contributed by atoms with Crippen molar-refractivity contribution in [2.75, 3.05) is 18.1 Å². The van der Waals surface area contributed by atoms with Crippen LogP contribution in [0.25, 0.3) is 4.85 Å². The molecule has 2 rings (SSSR count). The van der Waals surface area contributed by atoms with Gasteiger partial charge in [-0.25, -0.2) is 4.85 Å². The van der Waals surface area contributed by atoms with Gasteiger partial charge in [0.2, 0.25) is 0 Å². The highest BCUT2D eigenvalue weighted by molar-refractivity contribution is 8.03. The number of anilines is 1. The lowest BCUT2D eigenvalue weighted by atomic mass is 10.3. The van der Waals surface area contributed by atoms with E-state index in [2.05, 4.69) is 28.8 Å². The zero-order chi connectivity index (χ0) is 16.7. The van der Waals surface area contributed by atoms with Gasteiger partial charge in [0.05, 0.1) is 23.9 Å². The topological polar surface area (TPSA) is 33.9 Å². The highest BCUT2D eigenvalue weighted by atomic mass is 32.2. The second-order valence-electron chi connectivity index (χ2n) is 4.59. The lowest BCUT2D eigenvalue weighted by Gasteiger charge is -2.17. The Kier molecular flexibility index (Phi) is 6.07. The predicted molar refractivity (Wildman–Crippen MR) is 93.9 cm³/mol. The predicted octanol–water partition coefficient (Wildman–Crippen LogP) is 4.38. The monoisotopic (exact) mass is 326 g/mol. The van der Waals surface area contributed by atoms with Crippen LogP contribution in [-0.4, -0.2) is 19.1 Å². The third-order valence-electron chi connectivity index (χ3n) is 3.16. The Bertz CT molecular complexity index is 714. The van der Waals surface area contributed by atoms with Crippen molar-refractivity contribution >= 4 is 23.4 Å². The van der Waals surface area contributed by atoms with E-state index in [0.29, 0.717) is 0 Å². The molecule has 1 aliphatic rings. The van der Waals surface area contributed by atoms with E-state index in [1.165, 1.54) is 16.7 Å². The zero-order valence-electron chi connectivity index (χ0n) is 13.2. The number of benzene rings is 1. The van der Waals surface area contributed by atoms with Gasteiger partial charge in [-0.2, -0.15) is 0 Å². The average molecular weight is 326 g/mol. The summed E-state index contributed by atoms with van der Waals surface area (Å²) in [4.78, 5) is 18.2. The minimum absolute atomic E-state index is 0.0174. The zero-order valence-corrected chi connectivity index (χ0v) is 14.0. The van der Waals surface area contributed by atoms with Crippen molar-refractivity contribution in [2.45, 2.75) is 18.7 Å². The third-order valence-corrected chi connectivity index (χ3v) is 4.29. The molecule has 0 amide bonds. The Labute approximate surface area is 140 Å². The maximum atomic E-state index is 11.5. The number of hydrogen-bond donors (Lipinski definition) is 0. The molecule has 1 aromatic rings. The van der Waals surface area contributed by atoms with Crippen molar-refractivity contribution < 1.29 is 9.53 Å². The Morgan fingerprint density at radius 3 is 2.83 bits per heavy atom. The average Bonchev–Trinajstić information content (AvgIpc) is 2.92. The van der Waals surface area contributed by atoms with E-state index >= 15 is 0 Å². The molecule has 0 aliphatic carbocycles. The first-order valence-corrected chi connectivity index (χ1v) is 8.20. The summed E-state index contributed by atoms with van der Waals surface area (Å²) in [6.45, 7) is 12.0.